The highest BCUT2D eigenvalue weighted by molar-refractivity contribution is 9.10. The van der Waals surface area contributed by atoms with Crippen molar-refractivity contribution < 1.29 is 9.84 Å². The van der Waals surface area contributed by atoms with Crippen molar-refractivity contribution in [1.82, 2.24) is 5.32 Å². The van der Waals surface area contributed by atoms with Gasteiger partial charge in [-0.25, -0.2) is 0 Å². The predicted molar refractivity (Wildman–Crippen MR) is 95.8 cm³/mol. The van der Waals surface area contributed by atoms with Crippen LogP contribution in [-0.4, -0.2) is 24.4 Å². The van der Waals surface area contributed by atoms with E-state index in [-0.39, 0.29) is 25.1 Å². The molecule has 2 aromatic carbocycles. The molecule has 0 aromatic heterocycles. The first-order valence-electron chi connectivity index (χ1n) is 7.00. The maximum atomic E-state index is 9.96. The molecular weight excluding hydrogens is 366 g/mol. The first-order valence-corrected chi connectivity index (χ1v) is 7.79. The minimum absolute atomic E-state index is 0. The van der Waals surface area contributed by atoms with Crippen molar-refractivity contribution in [3.8, 4) is 5.75 Å². The van der Waals surface area contributed by atoms with E-state index in [0.717, 1.165) is 10.2 Å². The molecule has 0 radical (unpaired) electrons. The van der Waals surface area contributed by atoms with E-state index in [0.29, 0.717) is 6.54 Å². The Bertz CT molecular complexity index is 536. The standard InChI is InChI=1S/C17H20BrNO2.ClH/c1-13(14-5-3-2-4-6-14)19-11-16(20)12-21-17-9-7-15(18)8-10-17;/h2-10,13,16,19-20H,11-12H2,1H3;1H. The van der Waals surface area contributed by atoms with Gasteiger partial charge in [-0.2, -0.15) is 0 Å². The second-order valence-electron chi connectivity index (χ2n) is 4.96. The summed E-state index contributed by atoms with van der Waals surface area (Å²) in [6, 6.07) is 17.9. The molecule has 0 saturated carbocycles. The molecule has 0 aliphatic heterocycles. The highest BCUT2D eigenvalue weighted by atomic mass is 79.9. The van der Waals surface area contributed by atoms with Crippen LogP contribution in [0.4, 0.5) is 0 Å². The predicted octanol–water partition coefficient (Wildman–Crippen LogP) is 3.96. The fourth-order valence-corrected chi connectivity index (χ4v) is 2.22. The van der Waals surface area contributed by atoms with Crippen LogP contribution in [0.25, 0.3) is 0 Å². The first-order chi connectivity index (χ1) is 10.1. The van der Waals surface area contributed by atoms with Gasteiger partial charge in [0.05, 0.1) is 0 Å². The van der Waals surface area contributed by atoms with Gasteiger partial charge in [0, 0.05) is 17.1 Å². The monoisotopic (exact) mass is 385 g/mol. The molecule has 0 bridgehead atoms. The average Bonchev–Trinajstić information content (AvgIpc) is 2.53. The van der Waals surface area contributed by atoms with Gasteiger partial charge in [0.15, 0.2) is 0 Å². The van der Waals surface area contributed by atoms with E-state index in [4.69, 9.17) is 4.74 Å². The maximum Gasteiger partial charge on any atom is 0.119 e. The highest BCUT2D eigenvalue weighted by Gasteiger charge is 2.09. The van der Waals surface area contributed by atoms with E-state index < -0.39 is 6.10 Å². The molecule has 0 aliphatic rings. The number of nitrogens with one attached hydrogen (secondary N) is 1. The molecule has 0 fully saturated rings. The van der Waals surface area contributed by atoms with Gasteiger partial charge in [0.1, 0.15) is 18.5 Å². The zero-order valence-corrected chi connectivity index (χ0v) is 14.8. The summed E-state index contributed by atoms with van der Waals surface area (Å²) in [6.07, 6.45) is -0.542. The number of benzene rings is 2. The summed E-state index contributed by atoms with van der Waals surface area (Å²) in [5.74, 6) is 0.758. The van der Waals surface area contributed by atoms with E-state index in [1.54, 1.807) is 0 Å². The topological polar surface area (TPSA) is 41.5 Å². The Hall–Kier alpha value is -1.07. The normalized spacial score (nSPS) is 13.0. The van der Waals surface area contributed by atoms with Crippen LogP contribution >= 0.6 is 28.3 Å². The highest BCUT2D eigenvalue weighted by Crippen LogP contribution is 2.16. The molecule has 22 heavy (non-hydrogen) atoms. The molecule has 2 N–H and O–H groups in total. The molecule has 0 amide bonds. The van der Waals surface area contributed by atoms with Gasteiger partial charge >= 0.3 is 0 Å². The Labute approximate surface area is 146 Å². The Balaban J connectivity index is 0.00000242. The molecule has 2 aromatic rings. The fraction of sp³-hybridized carbons (Fsp3) is 0.294. The van der Waals surface area contributed by atoms with Crippen molar-refractivity contribution in [3.63, 3.8) is 0 Å². The molecular formula is C17H21BrClNO2. The summed E-state index contributed by atoms with van der Waals surface area (Å²) in [7, 11) is 0. The molecule has 0 spiro atoms. The van der Waals surface area contributed by atoms with E-state index in [1.807, 2.05) is 42.5 Å². The van der Waals surface area contributed by atoms with Crippen LogP contribution in [0.5, 0.6) is 5.75 Å². The van der Waals surface area contributed by atoms with Crippen LogP contribution in [0, 0.1) is 0 Å². The average molecular weight is 387 g/mol. The molecule has 0 saturated heterocycles. The molecule has 120 valence electrons. The molecule has 0 aliphatic carbocycles. The van der Waals surface area contributed by atoms with Gasteiger partial charge < -0.3 is 15.2 Å². The van der Waals surface area contributed by atoms with Crippen LogP contribution in [0.1, 0.15) is 18.5 Å². The van der Waals surface area contributed by atoms with Crippen molar-refractivity contribution in [2.75, 3.05) is 13.2 Å². The summed E-state index contributed by atoms with van der Waals surface area (Å²) in [4.78, 5) is 0. The number of hydrogen-bond donors (Lipinski definition) is 2. The van der Waals surface area contributed by atoms with Crippen LogP contribution in [-0.2, 0) is 0 Å². The molecule has 2 rings (SSSR count). The number of hydrogen-bond acceptors (Lipinski definition) is 3. The van der Waals surface area contributed by atoms with Gasteiger partial charge in [0.25, 0.3) is 0 Å². The zero-order chi connectivity index (χ0) is 15.1. The van der Waals surface area contributed by atoms with Crippen molar-refractivity contribution in [1.29, 1.82) is 0 Å². The van der Waals surface area contributed by atoms with Crippen molar-refractivity contribution in [2.45, 2.75) is 19.1 Å². The third-order valence-electron chi connectivity index (χ3n) is 3.22. The maximum absolute atomic E-state index is 9.96. The van der Waals surface area contributed by atoms with Crippen molar-refractivity contribution in [2.24, 2.45) is 0 Å². The lowest BCUT2D eigenvalue weighted by Crippen LogP contribution is -2.33. The van der Waals surface area contributed by atoms with Gasteiger partial charge in [0.2, 0.25) is 0 Å². The van der Waals surface area contributed by atoms with Gasteiger partial charge in [-0.15, -0.1) is 12.4 Å². The Morgan fingerprint density at radius 3 is 2.36 bits per heavy atom. The van der Waals surface area contributed by atoms with E-state index in [9.17, 15) is 5.11 Å². The number of halogens is 2. The molecule has 2 unspecified atom stereocenters. The van der Waals surface area contributed by atoms with Crippen molar-refractivity contribution >= 4 is 28.3 Å². The Morgan fingerprint density at radius 2 is 1.73 bits per heavy atom. The second kappa shape index (κ2) is 9.85. The molecule has 2 atom stereocenters. The number of aliphatic hydroxyl groups is 1. The number of ether oxygens (including phenoxy) is 1. The summed E-state index contributed by atoms with van der Waals surface area (Å²) in [6.45, 7) is 2.85. The lowest BCUT2D eigenvalue weighted by Gasteiger charge is -2.18. The second-order valence-corrected chi connectivity index (χ2v) is 5.88. The van der Waals surface area contributed by atoms with Gasteiger partial charge in [-0.05, 0) is 36.8 Å². The quantitative estimate of drug-likeness (QED) is 0.757. The SMILES string of the molecule is CC(NCC(O)COc1ccc(Br)cc1)c1ccccc1.Cl. The van der Waals surface area contributed by atoms with Gasteiger partial charge in [-0.1, -0.05) is 46.3 Å². The Kier molecular flexibility index (Phi) is 8.49. The minimum Gasteiger partial charge on any atom is -0.491 e. The van der Waals surface area contributed by atoms with E-state index >= 15 is 0 Å². The molecule has 0 heterocycles. The van der Waals surface area contributed by atoms with Crippen molar-refractivity contribution in [3.05, 3.63) is 64.6 Å². The van der Waals surface area contributed by atoms with Crippen LogP contribution < -0.4 is 10.1 Å². The summed E-state index contributed by atoms with van der Waals surface area (Å²) in [5.41, 5.74) is 1.21. The van der Waals surface area contributed by atoms with Gasteiger partial charge in [-0.3, -0.25) is 0 Å². The zero-order valence-electron chi connectivity index (χ0n) is 12.4. The summed E-state index contributed by atoms with van der Waals surface area (Å²) < 4.78 is 6.56. The summed E-state index contributed by atoms with van der Waals surface area (Å²) in [5, 5.41) is 13.3. The van der Waals surface area contributed by atoms with E-state index in [2.05, 4.69) is 40.3 Å². The molecule has 3 nitrogen and oxygen atoms in total. The summed E-state index contributed by atoms with van der Waals surface area (Å²) >= 11 is 3.37. The van der Waals surface area contributed by atoms with Crippen LogP contribution in [0.2, 0.25) is 0 Å². The number of aliphatic hydroxyl groups excluding tert-OH is 1. The Morgan fingerprint density at radius 1 is 1.09 bits per heavy atom. The fourth-order valence-electron chi connectivity index (χ4n) is 1.95. The van der Waals surface area contributed by atoms with Crippen LogP contribution in [0.15, 0.2) is 59.1 Å². The third kappa shape index (κ3) is 6.36. The third-order valence-corrected chi connectivity index (χ3v) is 3.74. The smallest absolute Gasteiger partial charge is 0.119 e. The lowest BCUT2D eigenvalue weighted by molar-refractivity contribution is 0.104. The minimum atomic E-state index is -0.542. The largest absolute Gasteiger partial charge is 0.491 e. The molecule has 5 heteroatoms. The van der Waals surface area contributed by atoms with Crippen LogP contribution in [0.3, 0.4) is 0 Å². The lowest BCUT2D eigenvalue weighted by atomic mass is 10.1. The number of rotatable bonds is 7. The van der Waals surface area contributed by atoms with E-state index in [1.165, 1.54) is 5.56 Å². The first kappa shape index (κ1) is 19.0.